The van der Waals surface area contributed by atoms with Gasteiger partial charge in [0.2, 0.25) is 5.13 Å². The average molecular weight is 373 g/mol. The third-order valence-electron chi connectivity index (χ3n) is 3.65. The van der Waals surface area contributed by atoms with E-state index in [-0.39, 0.29) is 11.9 Å². The van der Waals surface area contributed by atoms with Crippen molar-refractivity contribution in [3.05, 3.63) is 70.2 Å². The van der Waals surface area contributed by atoms with Crippen molar-refractivity contribution in [1.82, 2.24) is 10.2 Å². The molecule has 2 N–H and O–H groups in total. The number of hydrogen-bond acceptors (Lipinski definition) is 4. The predicted molar refractivity (Wildman–Crippen MR) is 103 cm³/mol. The van der Waals surface area contributed by atoms with Crippen LogP contribution in [-0.2, 0) is 0 Å². The molecule has 1 heterocycles. The van der Waals surface area contributed by atoms with Crippen LogP contribution in [-0.4, -0.2) is 16.2 Å². The molecule has 0 aliphatic rings. The van der Waals surface area contributed by atoms with E-state index in [0.29, 0.717) is 15.8 Å². The van der Waals surface area contributed by atoms with Crippen molar-refractivity contribution in [2.45, 2.75) is 19.3 Å². The summed E-state index contributed by atoms with van der Waals surface area (Å²) in [4.78, 5) is 12.1. The Morgan fingerprint density at radius 2 is 1.92 bits per heavy atom. The number of benzene rings is 2. The molecule has 0 saturated carbocycles. The lowest BCUT2D eigenvalue weighted by Crippen LogP contribution is -2.19. The van der Waals surface area contributed by atoms with E-state index < -0.39 is 0 Å². The molecule has 2 aromatic carbocycles. The number of amides is 2. The van der Waals surface area contributed by atoms with E-state index >= 15 is 0 Å². The van der Waals surface area contributed by atoms with Crippen LogP contribution in [0.3, 0.4) is 0 Å². The molecule has 3 rings (SSSR count). The Kier molecular flexibility index (Phi) is 5.63. The largest absolute Gasteiger partial charge is 0.325 e. The fraction of sp³-hybridized carbons (Fsp3) is 0.167. The molecule has 7 heteroatoms. The Morgan fingerprint density at radius 3 is 2.64 bits per heavy atom. The number of nitrogens with one attached hydrogen (secondary N) is 2. The lowest BCUT2D eigenvalue weighted by atomic mass is 9.97. The molecule has 0 fully saturated rings. The van der Waals surface area contributed by atoms with Gasteiger partial charge in [-0.3, -0.25) is 5.32 Å². The molecule has 0 saturated heterocycles. The van der Waals surface area contributed by atoms with Crippen molar-refractivity contribution in [2.24, 2.45) is 0 Å². The number of rotatable bonds is 5. The Hall–Kier alpha value is -2.44. The minimum atomic E-state index is -0.377. The molecule has 25 heavy (non-hydrogen) atoms. The molecule has 0 bridgehead atoms. The van der Waals surface area contributed by atoms with Crippen LogP contribution in [0.4, 0.5) is 15.6 Å². The van der Waals surface area contributed by atoms with E-state index in [9.17, 15) is 4.79 Å². The van der Waals surface area contributed by atoms with Crippen molar-refractivity contribution >= 4 is 39.8 Å². The maximum absolute atomic E-state index is 12.1. The zero-order chi connectivity index (χ0) is 17.6. The molecule has 0 radical (unpaired) electrons. The second-order valence-electron chi connectivity index (χ2n) is 5.41. The molecule has 5 nitrogen and oxygen atoms in total. The first-order valence-electron chi connectivity index (χ1n) is 7.87. The fourth-order valence-corrected chi connectivity index (χ4v) is 3.63. The SMILES string of the molecule is CC[C@@H](c1ccccc1)c1nnc(NC(=O)Nc2cccc(Cl)c2)s1. The third kappa shape index (κ3) is 4.55. The van der Waals surface area contributed by atoms with Crippen molar-refractivity contribution in [3.63, 3.8) is 0 Å². The summed E-state index contributed by atoms with van der Waals surface area (Å²) in [5.74, 6) is 0.172. The molecule has 0 unspecified atom stereocenters. The topological polar surface area (TPSA) is 66.9 Å². The van der Waals surface area contributed by atoms with Gasteiger partial charge < -0.3 is 5.32 Å². The number of anilines is 2. The highest BCUT2D eigenvalue weighted by atomic mass is 35.5. The van der Waals surface area contributed by atoms with E-state index in [1.165, 1.54) is 16.9 Å². The zero-order valence-corrected chi connectivity index (χ0v) is 15.1. The van der Waals surface area contributed by atoms with Gasteiger partial charge in [0.15, 0.2) is 0 Å². The Balaban J connectivity index is 1.67. The molecular formula is C18H17ClN4OS. The summed E-state index contributed by atoms with van der Waals surface area (Å²) >= 11 is 7.29. The summed E-state index contributed by atoms with van der Waals surface area (Å²) in [6, 6.07) is 16.7. The maximum Gasteiger partial charge on any atom is 0.325 e. The predicted octanol–water partition coefficient (Wildman–Crippen LogP) is 5.38. The lowest BCUT2D eigenvalue weighted by molar-refractivity contribution is 0.262. The van der Waals surface area contributed by atoms with Crippen LogP contribution < -0.4 is 10.6 Å². The number of hydrogen-bond donors (Lipinski definition) is 2. The summed E-state index contributed by atoms with van der Waals surface area (Å²) in [6.07, 6.45) is 0.910. The van der Waals surface area contributed by atoms with E-state index in [1.54, 1.807) is 24.3 Å². The van der Waals surface area contributed by atoms with E-state index in [1.807, 2.05) is 18.2 Å². The number of urea groups is 1. The summed E-state index contributed by atoms with van der Waals surface area (Å²) < 4.78 is 0. The minimum Gasteiger partial charge on any atom is -0.308 e. The lowest BCUT2D eigenvalue weighted by Gasteiger charge is -2.11. The minimum absolute atomic E-state index is 0.172. The van der Waals surface area contributed by atoms with E-state index in [4.69, 9.17) is 11.6 Å². The van der Waals surface area contributed by atoms with Crippen molar-refractivity contribution in [2.75, 3.05) is 10.6 Å². The van der Waals surface area contributed by atoms with Gasteiger partial charge in [-0.15, -0.1) is 10.2 Å². The first kappa shape index (κ1) is 17.4. The molecule has 0 spiro atoms. The van der Waals surface area contributed by atoms with Gasteiger partial charge in [0.1, 0.15) is 5.01 Å². The third-order valence-corrected chi connectivity index (χ3v) is 4.84. The van der Waals surface area contributed by atoms with Gasteiger partial charge in [-0.05, 0) is 30.2 Å². The number of aromatic nitrogens is 2. The van der Waals surface area contributed by atoms with Gasteiger partial charge in [-0.1, -0.05) is 66.3 Å². The van der Waals surface area contributed by atoms with Crippen molar-refractivity contribution in [1.29, 1.82) is 0 Å². The Labute approximate surface area is 155 Å². The summed E-state index contributed by atoms with van der Waals surface area (Å²) in [7, 11) is 0. The molecule has 128 valence electrons. The normalized spacial score (nSPS) is 11.8. The maximum atomic E-state index is 12.1. The fourth-order valence-electron chi connectivity index (χ4n) is 2.49. The highest BCUT2D eigenvalue weighted by Gasteiger charge is 2.18. The summed E-state index contributed by atoms with van der Waals surface area (Å²) in [5, 5.41) is 15.7. The van der Waals surface area contributed by atoms with Crippen LogP contribution in [0.15, 0.2) is 54.6 Å². The van der Waals surface area contributed by atoms with Gasteiger partial charge in [0.05, 0.1) is 0 Å². The quantitative estimate of drug-likeness (QED) is 0.632. The molecule has 1 atom stereocenters. The Bertz CT molecular complexity index is 853. The first-order valence-corrected chi connectivity index (χ1v) is 9.07. The average Bonchev–Trinajstić information content (AvgIpc) is 3.04. The van der Waals surface area contributed by atoms with Gasteiger partial charge in [-0.2, -0.15) is 0 Å². The van der Waals surface area contributed by atoms with Crippen LogP contribution >= 0.6 is 22.9 Å². The highest BCUT2D eigenvalue weighted by molar-refractivity contribution is 7.15. The molecule has 3 aromatic rings. The first-order chi connectivity index (χ1) is 12.2. The van der Waals surface area contributed by atoms with E-state index in [0.717, 1.165) is 11.4 Å². The van der Waals surface area contributed by atoms with Crippen LogP contribution in [0.5, 0.6) is 0 Å². The van der Waals surface area contributed by atoms with Gasteiger partial charge in [0.25, 0.3) is 0 Å². The molecule has 1 aromatic heterocycles. The monoisotopic (exact) mass is 372 g/mol. The smallest absolute Gasteiger partial charge is 0.308 e. The highest BCUT2D eigenvalue weighted by Crippen LogP contribution is 2.31. The zero-order valence-electron chi connectivity index (χ0n) is 13.6. The second kappa shape index (κ2) is 8.09. The summed E-state index contributed by atoms with van der Waals surface area (Å²) in [6.45, 7) is 2.11. The number of halogens is 1. The number of carbonyl (C=O) groups excluding carboxylic acids is 1. The molecule has 2 amide bonds. The molecule has 0 aliphatic heterocycles. The van der Waals surface area contributed by atoms with Gasteiger partial charge >= 0.3 is 6.03 Å². The standard InChI is InChI=1S/C18H17ClN4OS/c1-2-15(12-7-4-3-5-8-12)16-22-23-18(25-16)21-17(24)20-14-10-6-9-13(19)11-14/h3-11,15H,2H2,1H3,(H2,20,21,23,24)/t15-/m0/s1. The Morgan fingerprint density at radius 1 is 1.12 bits per heavy atom. The van der Waals surface area contributed by atoms with Gasteiger partial charge in [0, 0.05) is 16.6 Å². The van der Waals surface area contributed by atoms with Crippen molar-refractivity contribution in [3.8, 4) is 0 Å². The number of carbonyl (C=O) groups is 1. The van der Waals surface area contributed by atoms with Crippen LogP contribution in [0.2, 0.25) is 5.02 Å². The molecule has 0 aliphatic carbocycles. The van der Waals surface area contributed by atoms with Crippen LogP contribution in [0.1, 0.15) is 29.8 Å². The summed E-state index contributed by atoms with van der Waals surface area (Å²) in [5.41, 5.74) is 1.81. The van der Waals surface area contributed by atoms with Gasteiger partial charge in [-0.25, -0.2) is 4.79 Å². The van der Waals surface area contributed by atoms with Crippen molar-refractivity contribution < 1.29 is 4.79 Å². The number of nitrogens with zero attached hydrogens (tertiary/aromatic N) is 2. The second-order valence-corrected chi connectivity index (χ2v) is 6.85. The molecular weight excluding hydrogens is 356 g/mol. The van der Waals surface area contributed by atoms with Crippen LogP contribution in [0.25, 0.3) is 0 Å². The van der Waals surface area contributed by atoms with Crippen LogP contribution in [0, 0.1) is 0 Å². The van der Waals surface area contributed by atoms with E-state index in [2.05, 4.69) is 39.9 Å².